The maximum absolute atomic E-state index is 5.57. The maximum atomic E-state index is 5.57. The molecule has 0 amide bonds. The van der Waals surface area contributed by atoms with E-state index in [0.29, 0.717) is 4.99 Å². The minimum atomic E-state index is 0.422. The second kappa shape index (κ2) is 5.40. The summed E-state index contributed by atoms with van der Waals surface area (Å²) in [4.78, 5) is 0.422. The number of anilines is 1. The Morgan fingerprint density at radius 2 is 1.95 bits per heavy atom. The molecule has 4 nitrogen and oxygen atoms in total. The van der Waals surface area contributed by atoms with Crippen LogP contribution in [0.15, 0.2) is 24.3 Å². The minimum absolute atomic E-state index is 0.422. The Morgan fingerprint density at radius 1 is 1.32 bits per heavy atom. The van der Waals surface area contributed by atoms with Gasteiger partial charge in [0.25, 0.3) is 0 Å². The van der Waals surface area contributed by atoms with Crippen molar-refractivity contribution in [1.82, 2.24) is 9.78 Å². The number of aryl methyl sites for hydroxylation is 2. The molecule has 3 N–H and O–H groups in total. The number of nitrogens with zero attached hydrogens (tertiary/aromatic N) is 2. The van der Waals surface area contributed by atoms with Crippen LogP contribution in [-0.2, 0) is 13.6 Å². The minimum Gasteiger partial charge on any atom is -0.389 e. The number of hydrogen-bond acceptors (Lipinski definition) is 3. The summed E-state index contributed by atoms with van der Waals surface area (Å²) in [5.41, 5.74) is 11.0. The summed E-state index contributed by atoms with van der Waals surface area (Å²) in [5.74, 6) is 0. The van der Waals surface area contributed by atoms with Crippen LogP contribution >= 0.6 is 12.2 Å². The van der Waals surface area contributed by atoms with E-state index in [9.17, 15) is 0 Å². The van der Waals surface area contributed by atoms with Gasteiger partial charge in [-0.05, 0) is 38.1 Å². The molecule has 0 radical (unpaired) electrons. The number of thiocarbonyl (C=S) groups is 1. The third kappa shape index (κ3) is 2.93. The summed E-state index contributed by atoms with van der Waals surface area (Å²) in [6, 6.07) is 7.81. The predicted molar refractivity (Wildman–Crippen MR) is 82.3 cm³/mol. The van der Waals surface area contributed by atoms with E-state index in [2.05, 4.69) is 17.3 Å². The van der Waals surface area contributed by atoms with Gasteiger partial charge in [0, 0.05) is 36.1 Å². The zero-order valence-electron chi connectivity index (χ0n) is 11.4. The Balaban J connectivity index is 2.08. The van der Waals surface area contributed by atoms with E-state index in [1.165, 1.54) is 11.3 Å². The lowest BCUT2D eigenvalue weighted by Crippen LogP contribution is -2.09. The molecule has 1 heterocycles. The summed E-state index contributed by atoms with van der Waals surface area (Å²) in [6.07, 6.45) is 0. The normalized spacial score (nSPS) is 10.5. The van der Waals surface area contributed by atoms with Gasteiger partial charge in [-0.25, -0.2) is 0 Å². The van der Waals surface area contributed by atoms with E-state index in [1.807, 2.05) is 42.9 Å². The van der Waals surface area contributed by atoms with Crippen LogP contribution in [0.4, 0.5) is 5.69 Å². The molecule has 0 saturated heterocycles. The molecule has 19 heavy (non-hydrogen) atoms. The van der Waals surface area contributed by atoms with Crippen molar-refractivity contribution in [1.29, 1.82) is 0 Å². The molecule has 0 atom stereocenters. The van der Waals surface area contributed by atoms with E-state index < -0.39 is 0 Å². The summed E-state index contributed by atoms with van der Waals surface area (Å²) < 4.78 is 1.91. The molecule has 2 aromatic rings. The van der Waals surface area contributed by atoms with Crippen molar-refractivity contribution in [3.8, 4) is 0 Å². The Hall–Kier alpha value is -1.88. The number of nitrogens with two attached hydrogens (primary N) is 1. The van der Waals surface area contributed by atoms with Gasteiger partial charge in [0.15, 0.2) is 0 Å². The second-order valence-corrected chi connectivity index (χ2v) is 5.01. The highest BCUT2D eigenvalue weighted by Crippen LogP contribution is 2.15. The average Bonchev–Trinajstić information content (AvgIpc) is 2.62. The zero-order chi connectivity index (χ0) is 14.0. The van der Waals surface area contributed by atoms with Crippen LogP contribution in [0.25, 0.3) is 0 Å². The first-order valence-electron chi connectivity index (χ1n) is 6.12. The van der Waals surface area contributed by atoms with Gasteiger partial charge in [0.05, 0.1) is 5.69 Å². The van der Waals surface area contributed by atoms with Gasteiger partial charge >= 0.3 is 0 Å². The molecule has 0 spiro atoms. The first kappa shape index (κ1) is 13.5. The number of rotatable bonds is 4. The van der Waals surface area contributed by atoms with Crippen LogP contribution < -0.4 is 11.1 Å². The van der Waals surface area contributed by atoms with Gasteiger partial charge in [-0.1, -0.05) is 12.2 Å². The van der Waals surface area contributed by atoms with Gasteiger partial charge in [-0.15, -0.1) is 0 Å². The highest BCUT2D eigenvalue weighted by molar-refractivity contribution is 7.80. The van der Waals surface area contributed by atoms with Gasteiger partial charge in [-0.2, -0.15) is 5.10 Å². The van der Waals surface area contributed by atoms with E-state index in [0.717, 1.165) is 23.5 Å². The standard InChI is InChI=1S/C14H18N4S/c1-9-13(10(2)18(3)17-9)8-16-12-6-4-11(5-7-12)14(15)19/h4-7,16H,8H2,1-3H3,(H2,15,19). The van der Waals surface area contributed by atoms with Crippen LogP contribution in [0, 0.1) is 13.8 Å². The first-order valence-corrected chi connectivity index (χ1v) is 6.52. The Morgan fingerprint density at radius 3 is 2.42 bits per heavy atom. The molecule has 0 saturated carbocycles. The maximum Gasteiger partial charge on any atom is 0.103 e. The molecule has 0 aliphatic carbocycles. The number of benzene rings is 1. The molecule has 1 aromatic carbocycles. The molecule has 0 bridgehead atoms. The highest BCUT2D eigenvalue weighted by Gasteiger charge is 2.08. The van der Waals surface area contributed by atoms with Crippen molar-refractivity contribution in [2.75, 3.05) is 5.32 Å². The first-order chi connectivity index (χ1) is 8.99. The Kier molecular flexibility index (Phi) is 3.85. The van der Waals surface area contributed by atoms with Gasteiger partial charge in [0.1, 0.15) is 4.99 Å². The Labute approximate surface area is 118 Å². The topological polar surface area (TPSA) is 55.9 Å². The molecule has 0 fully saturated rings. The molecular weight excluding hydrogens is 256 g/mol. The molecule has 5 heteroatoms. The predicted octanol–water partition coefficient (Wildman–Crippen LogP) is 2.28. The summed E-state index contributed by atoms with van der Waals surface area (Å²) in [6.45, 7) is 4.87. The lowest BCUT2D eigenvalue weighted by atomic mass is 10.1. The van der Waals surface area contributed by atoms with E-state index in [4.69, 9.17) is 18.0 Å². The molecule has 0 unspecified atom stereocenters. The third-order valence-corrected chi connectivity index (χ3v) is 3.53. The van der Waals surface area contributed by atoms with E-state index in [-0.39, 0.29) is 0 Å². The highest BCUT2D eigenvalue weighted by atomic mass is 32.1. The lowest BCUT2D eigenvalue weighted by molar-refractivity contribution is 0.730. The fourth-order valence-corrected chi connectivity index (χ4v) is 2.15. The number of aromatic nitrogens is 2. The van der Waals surface area contributed by atoms with Gasteiger partial charge < -0.3 is 11.1 Å². The fraction of sp³-hybridized carbons (Fsp3) is 0.286. The van der Waals surface area contributed by atoms with Gasteiger partial charge in [0.2, 0.25) is 0 Å². The smallest absolute Gasteiger partial charge is 0.103 e. The van der Waals surface area contributed by atoms with Crippen molar-refractivity contribution in [2.24, 2.45) is 12.8 Å². The second-order valence-electron chi connectivity index (χ2n) is 4.57. The summed E-state index contributed by atoms with van der Waals surface area (Å²) in [7, 11) is 1.96. The third-order valence-electron chi connectivity index (χ3n) is 3.30. The molecule has 0 aliphatic rings. The SMILES string of the molecule is Cc1nn(C)c(C)c1CNc1ccc(C(N)=S)cc1. The van der Waals surface area contributed by atoms with E-state index >= 15 is 0 Å². The van der Waals surface area contributed by atoms with Gasteiger partial charge in [-0.3, -0.25) is 4.68 Å². The molecule has 100 valence electrons. The largest absolute Gasteiger partial charge is 0.389 e. The van der Waals surface area contributed by atoms with Crippen LogP contribution in [0.1, 0.15) is 22.5 Å². The van der Waals surface area contributed by atoms with Crippen molar-refractivity contribution in [3.05, 3.63) is 46.8 Å². The van der Waals surface area contributed by atoms with Crippen LogP contribution in [0.5, 0.6) is 0 Å². The summed E-state index contributed by atoms with van der Waals surface area (Å²) >= 11 is 4.93. The van der Waals surface area contributed by atoms with Crippen molar-refractivity contribution in [2.45, 2.75) is 20.4 Å². The zero-order valence-corrected chi connectivity index (χ0v) is 12.2. The quantitative estimate of drug-likeness (QED) is 0.840. The number of hydrogen-bond donors (Lipinski definition) is 2. The molecule has 0 aliphatic heterocycles. The fourth-order valence-electron chi connectivity index (χ4n) is 2.02. The van der Waals surface area contributed by atoms with Crippen molar-refractivity contribution >= 4 is 22.9 Å². The van der Waals surface area contributed by atoms with Crippen LogP contribution in [0.2, 0.25) is 0 Å². The average molecular weight is 274 g/mol. The van der Waals surface area contributed by atoms with E-state index in [1.54, 1.807) is 0 Å². The lowest BCUT2D eigenvalue weighted by Gasteiger charge is -2.08. The monoisotopic (exact) mass is 274 g/mol. The molecule has 1 aromatic heterocycles. The molecule has 2 rings (SSSR count). The summed E-state index contributed by atoms with van der Waals surface area (Å²) in [5, 5.41) is 7.79. The van der Waals surface area contributed by atoms with Crippen LogP contribution in [0.3, 0.4) is 0 Å². The number of nitrogens with one attached hydrogen (secondary N) is 1. The molecular formula is C14H18N4S. The van der Waals surface area contributed by atoms with Crippen molar-refractivity contribution < 1.29 is 0 Å². The Bertz CT molecular complexity index is 599. The van der Waals surface area contributed by atoms with Crippen LogP contribution in [-0.4, -0.2) is 14.8 Å². The van der Waals surface area contributed by atoms with Crippen molar-refractivity contribution in [3.63, 3.8) is 0 Å².